The van der Waals surface area contributed by atoms with Crippen molar-refractivity contribution >= 4 is 11.9 Å². The van der Waals surface area contributed by atoms with Crippen LogP contribution in [0.2, 0.25) is 0 Å². The van der Waals surface area contributed by atoms with Crippen molar-refractivity contribution in [2.45, 2.75) is 19.9 Å². The molecular formula is C8H12N2O3. The van der Waals surface area contributed by atoms with Gasteiger partial charge in [0.25, 0.3) is 0 Å². The van der Waals surface area contributed by atoms with E-state index in [2.05, 4.69) is 0 Å². The Bertz CT molecular complexity index is 292. The van der Waals surface area contributed by atoms with E-state index in [4.69, 9.17) is 10.8 Å². The van der Waals surface area contributed by atoms with Gasteiger partial charge in [0.15, 0.2) is 0 Å². The summed E-state index contributed by atoms with van der Waals surface area (Å²) in [5, 5.41) is 8.79. The molecule has 0 aliphatic carbocycles. The predicted octanol–water partition coefficient (Wildman–Crippen LogP) is -0.466. The minimum atomic E-state index is -1.08. The molecule has 0 spiro atoms. The van der Waals surface area contributed by atoms with E-state index in [0.29, 0.717) is 12.1 Å². The van der Waals surface area contributed by atoms with Gasteiger partial charge in [0.05, 0.1) is 6.54 Å². The fourth-order valence-electron chi connectivity index (χ4n) is 1.25. The van der Waals surface area contributed by atoms with Crippen LogP contribution in [-0.2, 0) is 9.59 Å². The van der Waals surface area contributed by atoms with Crippen molar-refractivity contribution in [1.82, 2.24) is 4.90 Å². The number of hydrogen-bond acceptors (Lipinski definition) is 3. The zero-order valence-corrected chi connectivity index (χ0v) is 7.57. The van der Waals surface area contributed by atoms with Crippen LogP contribution in [0.4, 0.5) is 0 Å². The zero-order chi connectivity index (χ0) is 10.2. The molecule has 1 atom stereocenters. The maximum atomic E-state index is 11.1. The summed E-state index contributed by atoms with van der Waals surface area (Å²) in [7, 11) is 0. The van der Waals surface area contributed by atoms with Gasteiger partial charge in [-0.25, -0.2) is 4.79 Å². The molecule has 5 heteroatoms. The van der Waals surface area contributed by atoms with Crippen molar-refractivity contribution in [1.29, 1.82) is 0 Å². The average molecular weight is 184 g/mol. The van der Waals surface area contributed by atoms with Gasteiger partial charge in [-0.2, -0.15) is 0 Å². The van der Waals surface area contributed by atoms with E-state index in [1.54, 1.807) is 13.8 Å². The number of rotatable bonds is 2. The first-order valence-corrected chi connectivity index (χ1v) is 3.93. The van der Waals surface area contributed by atoms with Crippen molar-refractivity contribution in [3.8, 4) is 0 Å². The van der Waals surface area contributed by atoms with Gasteiger partial charge in [-0.3, -0.25) is 4.79 Å². The average Bonchev–Trinajstić information content (AvgIpc) is 2.02. The summed E-state index contributed by atoms with van der Waals surface area (Å²) in [6.07, 6.45) is 0. The number of hydrogen-bond donors (Lipinski definition) is 2. The molecule has 0 saturated carbocycles. The van der Waals surface area contributed by atoms with Gasteiger partial charge < -0.3 is 15.7 Å². The van der Waals surface area contributed by atoms with E-state index in [0.717, 1.165) is 0 Å². The van der Waals surface area contributed by atoms with Crippen LogP contribution in [0.5, 0.6) is 0 Å². The third kappa shape index (κ3) is 1.55. The van der Waals surface area contributed by atoms with E-state index in [-0.39, 0.29) is 11.6 Å². The number of allylic oxidation sites excluding steroid dienone is 1. The van der Waals surface area contributed by atoms with Crippen LogP contribution >= 0.6 is 0 Å². The molecule has 1 heterocycles. The van der Waals surface area contributed by atoms with Crippen LogP contribution in [0, 0.1) is 0 Å². The van der Waals surface area contributed by atoms with Gasteiger partial charge in [-0.05, 0) is 19.4 Å². The molecule has 1 fully saturated rings. The highest BCUT2D eigenvalue weighted by molar-refractivity contribution is 5.98. The monoisotopic (exact) mass is 184 g/mol. The summed E-state index contributed by atoms with van der Waals surface area (Å²) >= 11 is 0. The summed E-state index contributed by atoms with van der Waals surface area (Å²) < 4.78 is 0. The predicted molar refractivity (Wildman–Crippen MR) is 45.7 cm³/mol. The Morgan fingerprint density at radius 1 is 1.62 bits per heavy atom. The second kappa shape index (κ2) is 3.18. The standard InChI is InChI=1S/C8H12N2O3/c1-4(2)6(8(12)13)10-3-5(9)7(10)11/h5H,3,9H2,1-2H3,(H,12,13). The minimum Gasteiger partial charge on any atom is -0.477 e. The molecule has 0 aromatic carbocycles. The molecule has 0 aromatic rings. The number of amides is 1. The first-order chi connectivity index (χ1) is 5.95. The Kier molecular flexibility index (Phi) is 2.38. The Morgan fingerprint density at radius 3 is 2.38 bits per heavy atom. The third-order valence-corrected chi connectivity index (χ3v) is 1.91. The van der Waals surface area contributed by atoms with Crippen LogP contribution < -0.4 is 5.73 Å². The lowest BCUT2D eigenvalue weighted by Crippen LogP contribution is -2.61. The number of nitrogens with two attached hydrogens (primary N) is 1. The first-order valence-electron chi connectivity index (χ1n) is 3.93. The van der Waals surface area contributed by atoms with Crippen molar-refractivity contribution in [3.63, 3.8) is 0 Å². The SMILES string of the molecule is CC(C)=C(C(=O)O)N1CC(N)C1=O. The summed E-state index contributed by atoms with van der Waals surface area (Å²) in [5.41, 5.74) is 6.00. The Balaban J connectivity index is 2.88. The molecule has 1 rings (SSSR count). The molecule has 3 N–H and O–H groups in total. The molecule has 0 bridgehead atoms. The lowest BCUT2D eigenvalue weighted by molar-refractivity contribution is -0.146. The van der Waals surface area contributed by atoms with Crippen LogP contribution in [0.3, 0.4) is 0 Å². The zero-order valence-electron chi connectivity index (χ0n) is 7.57. The van der Waals surface area contributed by atoms with Crippen molar-refractivity contribution in [2.75, 3.05) is 6.54 Å². The second-order valence-electron chi connectivity index (χ2n) is 3.21. The Labute approximate surface area is 75.8 Å². The molecule has 1 aliphatic rings. The summed E-state index contributed by atoms with van der Waals surface area (Å²) in [6.45, 7) is 3.60. The highest BCUT2D eigenvalue weighted by Crippen LogP contribution is 2.18. The number of carboxylic acid groups (broad SMARTS) is 1. The van der Waals surface area contributed by atoms with Gasteiger partial charge in [0.2, 0.25) is 5.91 Å². The van der Waals surface area contributed by atoms with Gasteiger partial charge in [0.1, 0.15) is 11.7 Å². The topological polar surface area (TPSA) is 83.6 Å². The highest BCUT2D eigenvalue weighted by atomic mass is 16.4. The van der Waals surface area contributed by atoms with Crippen LogP contribution in [0.1, 0.15) is 13.8 Å². The van der Waals surface area contributed by atoms with E-state index in [1.165, 1.54) is 4.90 Å². The molecule has 1 aliphatic heterocycles. The maximum Gasteiger partial charge on any atom is 0.352 e. The number of carbonyl (C=O) groups is 2. The number of carbonyl (C=O) groups excluding carboxylic acids is 1. The molecule has 0 aromatic heterocycles. The largest absolute Gasteiger partial charge is 0.477 e. The number of aliphatic carboxylic acids is 1. The fraction of sp³-hybridized carbons (Fsp3) is 0.500. The fourth-order valence-corrected chi connectivity index (χ4v) is 1.25. The Morgan fingerprint density at radius 2 is 2.15 bits per heavy atom. The van der Waals surface area contributed by atoms with Crippen LogP contribution in [-0.4, -0.2) is 34.5 Å². The van der Waals surface area contributed by atoms with Crippen LogP contribution in [0.25, 0.3) is 0 Å². The maximum absolute atomic E-state index is 11.1. The molecule has 0 radical (unpaired) electrons. The third-order valence-electron chi connectivity index (χ3n) is 1.91. The Hall–Kier alpha value is -1.36. The molecule has 1 amide bonds. The highest BCUT2D eigenvalue weighted by Gasteiger charge is 2.38. The molecular weight excluding hydrogens is 172 g/mol. The smallest absolute Gasteiger partial charge is 0.352 e. The van der Waals surface area contributed by atoms with E-state index >= 15 is 0 Å². The quantitative estimate of drug-likeness (QED) is 0.449. The lowest BCUT2D eigenvalue weighted by atomic mass is 10.1. The molecule has 1 saturated heterocycles. The van der Waals surface area contributed by atoms with E-state index in [9.17, 15) is 9.59 Å². The second-order valence-corrected chi connectivity index (χ2v) is 3.21. The summed E-state index contributed by atoms with van der Waals surface area (Å²) in [6, 6.07) is -0.534. The summed E-state index contributed by atoms with van der Waals surface area (Å²) in [5.74, 6) is -1.40. The summed E-state index contributed by atoms with van der Waals surface area (Å²) in [4.78, 5) is 23.0. The molecule has 1 unspecified atom stereocenters. The van der Waals surface area contributed by atoms with Gasteiger partial charge >= 0.3 is 5.97 Å². The van der Waals surface area contributed by atoms with Crippen molar-refractivity contribution in [3.05, 3.63) is 11.3 Å². The van der Waals surface area contributed by atoms with Gasteiger partial charge in [-0.15, -0.1) is 0 Å². The lowest BCUT2D eigenvalue weighted by Gasteiger charge is -2.36. The van der Waals surface area contributed by atoms with Gasteiger partial charge in [0, 0.05) is 0 Å². The number of β-lactam (4-membered cyclic amide) rings is 1. The van der Waals surface area contributed by atoms with Crippen molar-refractivity contribution in [2.24, 2.45) is 5.73 Å². The first kappa shape index (κ1) is 9.73. The van der Waals surface area contributed by atoms with Crippen molar-refractivity contribution < 1.29 is 14.7 Å². The number of likely N-dealkylation sites (tertiary alicyclic amines) is 1. The van der Waals surface area contributed by atoms with Gasteiger partial charge in [-0.1, -0.05) is 0 Å². The molecule has 5 nitrogen and oxygen atoms in total. The van der Waals surface area contributed by atoms with Crippen LogP contribution in [0.15, 0.2) is 11.3 Å². The number of carboxylic acids is 1. The molecule has 13 heavy (non-hydrogen) atoms. The number of nitrogens with zero attached hydrogens (tertiary/aromatic N) is 1. The minimum absolute atomic E-state index is 0.0479. The van der Waals surface area contributed by atoms with E-state index in [1.807, 2.05) is 0 Å². The molecule has 72 valence electrons. The van der Waals surface area contributed by atoms with E-state index < -0.39 is 12.0 Å². The normalized spacial score (nSPS) is 21.0.